The Morgan fingerprint density at radius 1 is 1.50 bits per heavy atom. The molecule has 74 valence electrons. The highest BCUT2D eigenvalue weighted by Crippen LogP contribution is 2.25. The van der Waals surface area contributed by atoms with Gasteiger partial charge in [0, 0.05) is 6.20 Å². The second-order valence-corrected chi connectivity index (χ2v) is 3.58. The summed E-state index contributed by atoms with van der Waals surface area (Å²) in [5.41, 5.74) is 6.11. The molecule has 2 N–H and O–H groups in total. The first-order chi connectivity index (χ1) is 6.71. The smallest absolute Gasteiger partial charge is 0.125 e. The van der Waals surface area contributed by atoms with E-state index >= 15 is 0 Å². The van der Waals surface area contributed by atoms with Gasteiger partial charge in [0.1, 0.15) is 18.0 Å². The Hall–Kier alpha value is -1.42. The quantitative estimate of drug-likeness (QED) is 0.710. The van der Waals surface area contributed by atoms with Gasteiger partial charge in [-0.05, 0) is 19.1 Å². The van der Waals surface area contributed by atoms with Crippen LogP contribution in [0.2, 0.25) is 0 Å². The highest BCUT2D eigenvalue weighted by atomic mass is 16.5. The van der Waals surface area contributed by atoms with Crippen molar-refractivity contribution in [3.05, 3.63) is 30.1 Å². The van der Waals surface area contributed by atoms with Gasteiger partial charge in [0.15, 0.2) is 0 Å². The Morgan fingerprint density at radius 2 is 2.36 bits per heavy atom. The van der Waals surface area contributed by atoms with Gasteiger partial charge in [-0.15, -0.1) is 0 Å². The molecule has 2 rings (SSSR count). The van der Waals surface area contributed by atoms with Crippen LogP contribution in [0.4, 0.5) is 0 Å². The number of hydrogen-bond acceptors (Lipinski definition) is 4. The minimum Gasteiger partial charge on any atom is -0.386 e. The van der Waals surface area contributed by atoms with E-state index in [0.717, 1.165) is 5.69 Å². The molecule has 4 heteroatoms. The third-order valence-corrected chi connectivity index (χ3v) is 2.24. The molecule has 0 bridgehead atoms. The average molecular weight is 191 g/mol. The minimum atomic E-state index is -0.427. The summed E-state index contributed by atoms with van der Waals surface area (Å²) in [7, 11) is 0. The predicted octanol–water partition coefficient (Wildman–Crippen LogP) is 0.684. The molecule has 2 heterocycles. The van der Waals surface area contributed by atoms with Crippen molar-refractivity contribution in [3.8, 4) is 0 Å². The summed E-state index contributed by atoms with van der Waals surface area (Å²) >= 11 is 0. The van der Waals surface area contributed by atoms with Crippen molar-refractivity contribution in [2.75, 3.05) is 13.2 Å². The van der Waals surface area contributed by atoms with E-state index in [2.05, 4.69) is 9.98 Å². The van der Waals surface area contributed by atoms with Crippen LogP contribution in [-0.2, 0) is 10.3 Å². The van der Waals surface area contributed by atoms with Crippen LogP contribution in [0.5, 0.6) is 0 Å². The largest absolute Gasteiger partial charge is 0.386 e. The molecule has 0 aliphatic carbocycles. The van der Waals surface area contributed by atoms with Gasteiger partial charge in [0.05, 0.1) is 12.3 Å². The molecule has 1 atom stereocenters. The number of hydrogen-bond donors (Lipinski definition) is 1. The lowest BCUT2D eigenvalue weighted by molar-refractivity contribution is 0.104. The first kappa shape index (κ1) is 9.15. The Morgan fingerprint density at radius 3 is 3.00 bits per heavy atom. The van der Waals surface area contributed by atoms with Crippen LogP contribution in [0.25, 0.3) is 0 Å². The van der Waals surface area contributed by atoms with Gasteiger partial charge in [-0.1, -0.05) is 6.07 Å². The maximum absolute atomic E-state index is 5.64. The molecular weight excluding hydrogens is 178 g/mol. The van der Waals surface area contributed by atoms with Gasteiger partial charge in [0.2, 0.25) is 0 Å². The lowest BCUT2D eigenvalue weighted by Gasteiger charge is -2.28. The molecule has 0 radical (unpaired) electrons. The van der Waals surface area contributed by atoms with Gasteiger partial charge < -0.3 is 10.5 Å². The molecule has 0 amide bonds. The number of aromatic nitrogens is 1. The summed E-state index contributed by atoms with van der Waals surface area (Å²) in [4.78, 5) is 8.66. The third kappa shape index (κ3) is 1.61. The SMILES string of the molecule is CC1(c2ccccn2)COCC(N)=N1. The van der Waals surface area contributed by atoms with E-state index in [0.29, 0.717) is 19.0 Å². The molecule has 0 saturated carbocycles. The summed E-state index contributed by atoms with van der Waals surface area (Å²) in [5.74, 6) is 0.532. The molecule has 1 unspecified atom stereocenters. The Balaban J connectivity index is 2.37. The maximum Gasteiger partial charge on any atom is 0.125 e. The van der Waals surface area contributed by atoms with E-state index in [4.69, 9.17) is 10.5 Å². The van der Waals surface area contributed by atoms with Crippen molar-refractivity contribution in [3.63, 3.8) is 0 Å². The van der Waals surface area contributed by atoms with Gasteiger partial charge in [0.25, 0.3) is 0 Å². The third-order valence-electron chi connectivity index (χ3n) is 2.24. The highest BCUT2D eigenvalue weighted by Gasteiger charge is 2.30. The van der Waals surface area contributed by atoms with Crippen molar-refractivity contribution >= 4 is 5.84 Å². The zero-order chi connectivity index (χ0) is 10.0. The standard InChI is InChI=1S/C10H13N3O/c1-10(7-14-6-9(11)13-10)8-4-2-3-5-12-8/h2-5H,6-7H2,1H3,(H2,11,13). The molecule has 1 aliphatic rings. The van der Waals surface area contributed by atoms with Gasteiger partial charge in [-0.25, -0.2) is 0 Å². The van der Waals surface area contributed by atoms with E-state index in [9.17, 15) is 0 Å². The lowest BCUT2D eigenvalue weighted by atomic mass is 9.98. The van der Waals surface area contributed by atoms with Crippen LogP contribution in [0.1, 0.15) is 12.6 Å². The Bertz CT molecular complexity index is 350. The second kappa shape index (κ2) is 3.38. The van der Waals surface area contributed by atoms with E-state index in [1.165, 1.54) is 0 Å². The summed E-state index contributed by atoms with van der Waals surface area (Å²) in [6.45, 7) is 2.93. The highest BCUT2D eigenvalue weighted by molar-refractivity contribution is 5.82. The van der Waals surface area contributed by atoms with Crippen LogP contribution in [0, 0.1) is 0 Å². The molecule has 0 spiro atoms. The number of nitrogens with two attached hydrogens (primary N) is 1. The topological polar surface area (TPSA) is 60.5 Å². The summed E-state index contributed by atoms with van der Waals surface area (Å²) in [6, 6.07) is 5.75. The monoisotopic (exact) mass is 191 g/mol. The fraction of sp³-hybridized carbons (Fsp3) is 0.400. The molecule has 1 aliphatic heterocycles. The number of ether oxygens (including phenoxy) is 1. The van der Waals surface area contributed by atoms with Crippen molar-refractivity contribution in [2.45, 2.75) is 12.5 Å². The van der Waals surface area contributed by atoms with Crippen molar-refractivity contribution < 1.29 is 4.74 Å². The van der Waals surface area contributed by atoms with Crippen LogP contribution in [-0.4, -0.2) is 24.0 Å². The van der Waals surface area contributed by atoms with Crippen LogP contribution < -0.4 is 5.73 Å². The van der Waals surface area contributed by atoms with Crippen molar-refractivity contribution in [2.24, 2.45) is 10.7 Å². The summed E-state index contributed by atoms with van der Waals surface area (Å²) in [5, 5.41) is 0. The van der Waals surface area contributed by atoms with Crippen LogP contribution in [0.3, 0.4) is 0 Å². The van der Waals surface area contributed by atoms with Crippen molar-refractivity contribution in [1.82, 2.24) is 4.98 Å². The predicted molar refractivity (Wildman–Crippen MR) is 54.0 cm³/mol. The molecular formula is C10H13N3O. The van der Waals surface area contributed by atoms with Crippen molar-refractivity contribution in [1.29, 1.82) is 0 Å². The first-order valence-electron chi connectivity index (χ1n) is 4.54. The van der Waals surface area contributed by atoms with E-state index < -0.39 is 5.54 Å². The Labute approximate surface area is 82.8 Å². The van der Waals surface area contributed by atoms with Gasteiger partial charge in [-0.3, -0.25) is 9.98 Å². The molecule has 1 aromatic rings. The summed E-state index contributed by atoms with van der Waals surface area (Å²) in [6.07, 6.45) is 1.75. The van der Waals surface area contributed by atoms with Crippen LogP contribution in [0.15, 0.2) is 29.4 Å². The van der Waals surface area contributed by atoms with Crippen LogP contribution >= 0.6 is 0 Å². The number of nitrogens with zero attached hydrogens (tertiary/aromatic N) is 2. The maximum atomic E-state index is 5.64. The van der Waals surface area contributed by atoms with Gasteiger partial charge >= 0.3 is 0 Å². The zero-order valence-electron chi connectivity index (χ0n) is 8.10. The zero-order valence-corrected chi connectivity index (χ0v) is 8.10. The van der Waals surface area contributed by atoms with Gasteiger partial charge in [-0.2, -0.15) is 0 Å². The fourth-order valence-electron chi connectivity index (χ4n) is 1.55. The first-order valence-corrected chi connectivity index (χ1v) is 4.54. The second-order valence-electron chi connectivity index (χ2n) is 3.58. The Kier molecular flexibility index (Phi) is 2.21. The number of amidine groups is 1. The molecule has 4 nitrogen and oxygen atoms in total. The lowest BCUT2D eigenvalue weighted by Crippen LogP contribution is -2.38. The van der Waals surface area contributed by atoms with E-state index in [-0.39, 0.29) is 0 Å². The molecule has 0 saturated heterocycles. The number of rotatable bonds is 1. The molecule has 1 aromatic heterocycles. The number of aliphatic imine (C=N–C) groups is 1. The summed E-state index contributed by atoms with van der Waals surface area (Å²) < 4.78 is 5.36. The minimum absolute atomic E-state index is 0.419. The molecule has 0 aromatic carbocycles. The average Bonchev–Trinajstić information content (AvgIpc) is 2.19. The molecule has 0 fully saturated rings. The molecule has 14 heavy (non-hydrogen) atoms. The fourth-order valence-corrected chi connectivity index (χ4v) is 1.55. The van der Waals surface area contributed by atoms with E-state index in [1.807, 2.05) is 25.1 Å². The number of pyridine rings is 1. The normalized spacial score (nSPS) is 27.1. The van der Waals surface area contributed by atoms with E-state index in [1.54, 1.807) is 6.20 Å².